The van der Waals surface area contributed by atoms with Crippen LogP contribution < -0.4 is 28.4 Å². The minimum atomic E-state index is -0.604. The van der Waals surface area contributed by atoms with Gasteiger partial charge in [0.25, 0.3) is 0 Å². The molecule has 0 saturated heterocycles. The third-order valence-corrected chi connectivity index (χ3v) is 12.5. The maximum atomic E-state index is 13.3. The summed E-state index contributed by atoms with van der Waals surface area (Å²) < 4.78 is 34.3. The first kappa shape index (κ1) is 54.1. The summed E-state index contributed by atoms with van der Waals surface area (Å²) in [5.74, 6) is 0.359. The highest BCUT2D eigenvalue weighted by Gasteiger charge is 2.17. The van der Waals surface area contributed by atoms with E-state index in [-0.39, 0.29) is 28.2 Å². The van der Waals surface area contributed by atoms with Gasteiger partial charge in [0.05, 0.1) is 35.5 Å². The van der Waals surface area contributed by atoms with Gasteiger partial charge in [-0.3, -0.25) is 0 Å². The van der Waals surface area contributed by atoms with Gasteiger partial charge in [-0.1, -0.05) is 115 Å². The lowest BCUT2D eigenvalue weighted by Gasteiger charge is -2.12. The number of rotatable bonds is 31. The third kappa shape index (κ3) is 17.9. The van der Waals surface area contributed by atoms with E-state index >= 15 is 0 Å². The maximum Gasteiger partial charge on any atom is 0.343 e. The van der Waals surface area contributed by atoms with Crippen molar-refractivity contribution in [1.29, 1.82) is 0 Å². The number of aryl methyl sites for hydroxylation is 1. The molecule has 0 amide bonds. The van der Waals surface area contributed by atoms with Crippen LogP contribution >= 0.6 is 0 Å². The number of unbranched alkanes of at least 4 members (excludes halogenated alkanes) is 16. The molecule has 0 heterocycles. The van der Waals surface area contributed by atoms with E-state index in [9.17, 15) is 19.2 Å². The van der Waals surface area contributed by atoms with Crippen molar-refractivity contribution in [3.05, 3.63) is 168 Å². The molecule has 6 aromatic carbocycles. The number of hydrogen-bond donors (Lipinski definition) is 0. The van der Waals surface area contributed by atoms with Crippen LogP contribution in [0.3, 0.4) is 0 Å². The molecule has 0 aliphatic rings. The number of fused-ring (bicyclic) bond motifs is 1. The fraction of sp³-hybridized carbons (Fsp3) is 0.355. The number of benzene rings is 6. The van der Waals surface area contributed by atoms with E-state index in [0.29, 0.717) is 47.0 Å². The first-order valence-electron chi connectivity index (χ1n) is 25.9. The van der Waals surface area contributed by atoms with Crippen molar-refractivity contribution in [2.24, 2.45) is 0 Å². The van der Waals surface area contributed by atoms with Crippen molar-refractivity contribution >= 4 is 34.6 Å². The maximum absolute atomic E-state index is 13.3. The third-order valence-electron chi connectivity index (χ3n) is 12.5. The van der Waals surface area contributed by atoms with E-state index < -0.39 is 23.9 Å². The zero-order valence-corrected chi connectivity index (χ0v) is 42.1. The first-order chi connectivity index (χ1) is 35.2. The molecule has 10 nitrogen and oxygen atoms in total. The van der Waals surface area contributed by atoms with Crippen LogP contribution in [0.4, 0.5) is 0 Å². The number of carbonyl (C=O) groups is 4. The Balaban J connectivity index is 0.916. The molecule has 0 N–H and O–H groups in total. The van der Waals surface area contributed by atoms with Crippen molar-refractivity contribution in [1.82, 2.24) is 0 Å². The molecule has 0 unspecified atom stereocenters. The number of allylic oxidation sites excluding steroid dienone is 1. The summed E-state index contributed by atoms with van der Waals surface area (Å²) in [6, 6.07) is 34.7. The van der Waals surface area contributed by atoms with Crippen LogP contribution in [0, 0.1) is 6.92 Å². The molecule has 0 aliphatic carbocycles. The highest BCUT2D eigenvalue weighted by atomic mass is 16.5. The highest BCUT2D eigenvalue weighted by Crippen LogP contribution is 2.30. The van der Waals surface area contributed by atoms with Gasteiger partial charge in [-0.05, 0) is 164 Å². The Labute approximate surface area is 425 Å². The normalized spacial score (nSPS) is 10.9. The molecule has 72 heavy (non-hydrogen) atoms. The number of hydrogen-bond acceptors (Lipinski definition) is 10. The lowest BCUT2D eigenvalue weighted by molar-refractivity contribution is 0.0719. The van der Waals surface area contributed by atoms with Gasteiger partial charge in [0.1, 0.15) is 34.5 Å². The van der Waals surface area contributed by atoms with Crippen molar-refractivity contribution in [3.63, 3.8) is 0 Å². The summed E-state index contributed by atoms with van der Waals surface area (Å²) in [7, 11) is 0. The SMILES string of the molecule is C=CCCCCCCCCCOc1ccc(OC(=O)c2ccc(OC(=O)c3ccc4ccc(OC(=O)c5ccc(OC(=O)c6ccc(OCCCCCCCCCCCC)cc6)cc5)c(C)c4c3)cc2)cc1. The molecule has 0 bridgehead atoms. The molecular weight excluding hydrogens is 905 g/mol. The summed E-state index contributed by atoms with van der Waals surface area (Å²) in [6.07, 6.45) is 24.0. The van der Waals surface area contributed by atoms with Gasteiger partial charge in [0, 0.05) is 0 Å². The fourth-order valence-electron chi connectivity index (χ4n) is 8.20. The lowest BCUT2D eigenvalue weighted by Crippen LogP contribution is -2.11. The van der Waals surface area contributed by atoms with Gasteiger partial charge in [-0.25, -0.2) is 19.2 Å². The molecule has 6 aromatic rings. The van der Waals surface area contributed by atoms with Gasteiger partial charge >= 0.3 is 23.9 Å². The molecule has 0 atom stereocenters. The van der Waals surface area contributed by atoms with Crippen LogP contribution in [-0.4, -0.2) is 37.1 Å². The molecule has 0 fully saturated rings. The van der Waals surface area contributed by atoms with Crippen molar-refractivity contribution in [2.45, 2.75) is 129 Å². The van der Waals surface area contributed by atoms with E-state index in [1.807, 2.05) is 6.08 Å². The smallest absolute Gasteiger partial charge is 0.343 e. The molecule has 0 spiro atoms. The molecule has 0 saturated carbocycles. The molecule has 378 valence electrons. The number of esters is 4. The Hall–Kier alpha value is -7.20. The summed E-state index contributed by atoms with van der Waals surface area (Å²) in [5.41, 5.74) is 1.85. The quantitative estimate of drug-likeness (QED) is 0.0180. The molecule has 10 heteroatoms. The highest BCUT2D eigenvalue weighted by molar-refractivity contribution is 5.99. The zero-order chi connectivity index (χ0) is 50.8. The van der Waals surface area contributed by atoms with E-state index in [1.54, 1.807) is 85.8 Å². The second-order valence-electron chi connectivity index (χ2n) is 18.2. The van der Waals surface area contributed by atoms with E-state index in [1.165, 1.54) is 132 Å². The van der Waals surface area contributed by atoms with Crippen LogP contribution in [0.1, 0.15) is 169 Å². The van der Waals surface area contributed by atoms with Crippen molar-refractivity contribution in [3.8, 4) is 34.5 Å². The van der Waals surface area contributed by atoms with Crippen LogP contribution in [0.5, 0.6) is 34.5 Å². The summed E-state index contributed by atoms with van der Waals surface area (Å²) in [5, 5.41) is 1.53. The van der Waals surface area contributed by atoms with Gasteiger partial charge in [-0.15, -0.1) is 6.58 Å². The largest absolute Gasteiger partial charge is 0.494 e. The number of carbonyl (C=O) groups excluding carboxylic acids is 4. The van der Waals surface area contributed by atoms with Crippen molar-refractivity contribution < 1.29 is 47.6 Å². The van der Waals surface area contributed by atoms with Crippen LogP contribution in [0.25, 0.3) is 10.8 Å². The van der Waals surface area contributed by atoms with Gasteiger partial charge in [0.15, 0.2) is 0 Å². The fourth-order valence-corrected chi connectivity index (χ4v) is 8.20. The first-order valence-corrected chi connectivity index (χ1v) is 25.9. The predicted octanol–water partition coefficient (Wildman–Crippen LogP) is 16.0. The monoisotopic (exact) mass is 974 g/mol. The van der Waals surface area contributed by atoms with Gasteiger partial charge in [-0.2, -0.15) is 0 Å². The standard InChI is InChI=1S/C62H70O10/c1-4-6-8-10-12-14-16-18-20-21-43-67-52-32-25-48(26-33-52)59(63)69-54-36-29-50(30-37-54)61(65)72-58-42-31-47-23-24-51(45-57(47)46(58)3)62(66)71-55-34-27-49(28-35-55)60(64)70-56-40-38-53(39-41-56)68-44-22-19-17-15-13-11-9-7-5-2/h5,23-42,45H,2,4,6-22,43-44H2,1,3H3. The molecule has 0 radical (unpaired) electrons. The average molecular weight is 975 g/mol. The predicted molar refractivity (Wildman–Crippen MR) is 284 cm³/mol. The van der Waals surface area contributed by atoms with Gasteiger partial charge < -0.3 is 28.4 Å². The molecule has 0 aromatic heterocycles. The van der Waals surface area contributed by atoms with Crippen LogP contribution in [0.15, 0.2) is 140 Å². The second kappa shape index (κ2) is 29.9. The average Bonchev–Trinajstić information content (AvgIpc) is 3.40. The van der Waals surface area contributed by atoms with E-state index in [2.05, 4.69) is 13.5 Å². The van der Waals surface area contributed by atoms with E-state index in [0.717, 1.165) is 43.2 Å². The molecule has 0 aliphatic heterocycles. The lowest BCUT2D eigenvalue weighted by atomic mass is 10.0. The summed E-state index contributed by atoms with van der Waals surface area (Å²) in [4.78, 5) is 52.4. The van der Waals surface area contributed by atoms with E-state index in [4.69, 9.17) is 28.4 Å². The van der Waals surface area contributed by atoms with Crippen LogP contribution in [0.2, 0.25) is 0 Å². The Morgan fingerprint density at radius 2 is 0.750 bits per heavy atom. The zero-order valence-electron chi connectivity index (χ0n) is 42.1. The Morgan fingerprint density at radius 1 is 0.403 bits per heavy atom. The van der Waals surface area contributed by atoms with Crippen molar-refractivity contribution in [2.75, 3.05) is 13.2 Å². The second-order valence-corrected chi connectivity index (χ2v) is 18.2. The number of ether oxygens (including phenoxy) is 6. The Bertz CT molecular complexity index is 2630. The molecular formula is C62H70O10. The summed E-state index contributed by atoms with van der Waals surface area (Å²) >= 11 is 0. The minimum absolute atomic E-state index is 0.246. The topological polar surface area (TPSA) is 124 Å². The summed E-state index contributed by atoms with van der Waals surface area (Å²) in [6.45, 7) is 9.10. The van der Waals surface area contributed by atoms with Crippen LogP contribution in [-0.2, 0) is 0 Å². The molecule has 6 rings (SSSR count). The van der Waals surface area contributed by atoms with Gasteiger partial charge in [0.2, 0.25) is 0 Å². The minimum Gasteiger partial charge on any atom is -0.494 e. The Morgan fingerprint density at radius 3 is 1.21 bits per heavy atom. The Kier molecular flexibility index (Phi) is 22.5.